The highest BCUT2D eigenvalue weighted by atomic mass is 16.5. The first-order chi connectivity index (χ1) is 9.76. The molecule has 20 heavy (non-hydrogen) atoms. The summed E-state index contributed by atoms with van der Waals surface area (Å²) in [5.74, 6) is 0.526. The Morgan fingerprint density at radius 1 is 1.60 bits per heavy atom. The minimum atomic E-state index is -0.200. The van der Waals surface area contributed by atoms with E-state index in [9.17, 15) is 4.79 Å². The molecule has 0 aliphatic carbocycles. The van der Waals surface area contributed by atoms with Crippen LogP contribution >= 0.6 is 0 Å². The number of hydrogen-bond acceptors (Lipinski definition) is 5. The van der Waals surface area contributed by atoms with E-state index >= 15 is 0 Å². The van der Waals surface area contributed by atoms with Gasteiger partial charge in [-0.2, -0.15) is 5.26 Å². The van der Waals surface area contributed by atoms with Crippen LogP contribution in [-0.4, -0.2) is 43.7 Å². The van der Waals surface area contributed by atoms with E-state index in [4.69, 9.17) is 14.4 Å². The molecule has 108 valence electrons. The Labute approximate surface area is 118 Å². The van der Waals surface area contributed by atoms with Crippen molar-refractivity contribution in [2.24, 2.45) is 5.92 Å². The molecule has 0 spiro atoms. The Bertz CT molecular complexity index is 467. The van der Waals surface area contributed by atoms with Crippen LogP contribution in [0.1, 0.15) is 12.2 Å². The summed E-state index contributed by atoms with van der Waals surface area (Å²) in [6.45, 7) is 1.76. The molecule has 2 atom stereocenters. The molecule has 1 aliphatic heterocycles. The van der Waals surface area contributed by atoms with Crippen molar-refractivity contribution in [3.63, 3.8) is 0 Å². The lowest BCUT2D eigenvalue weighted by molar-refractivity contribution is -0.136. The normalized spacial score (nSPS) is 21.6. The number of carbonyl (C=O) groups excluding carboxylic acids is 1. The SMILES string of the molecule is CNC1COCC1C(=O)N(CCC#N)Cc1ccco1. The maximum Gasteiger partial charge on any atom is 0.230 e. The van der Waals surface area contributed by atoms with Gasteiger partial charge in [0.25, 0.3) is 0 Å². The van der Waals surface area contributed by atoms with Crippen molar-refractivity contribution in [2.75, 3.05) is 26.8 Å². The van der Waals surface area contributed by atoms with Crippen molar-refractivity contribution in [3.8, 4) is 6.07 Å². The van der Waals surface area contributed by atoms with E-state index in [-0.39, 0.29) is 17.9 Å². The minimum absolute atomic E-state index is 0.00787. The van der Waals surface area contributed by atoms with Crippen LogP contribution in [0.5, 0.6) is 0 Å². The molecule has 0 bridgehead atoms. The molecule has 2 unspecified atom stereocenters. The first-order valence-corrected chi connectivity index (χ1v) is 6.69. The maximum absolute atomic E-state index is 12.6. The molecule has 2 rings (SSSR count). The maximum atomic E-state index is 12.6. The number of rotatable bonds is 6. The van der Waals surface area contributed by atoms with Crippen LogP contribution in [0.25, 0.3) is 0 Å². The van der Waals surface area contributed by atoms with Gasteiger partial charge in [-0.1, -0.05) is 0 Å². The zero-order valence-electron chi connectivity index (χ0n) is 11.5. The van der Waals surface area contributed by atoms with Gasteiger partial charge in [-0.25, -0.2) is 0 Å². The van der Waals surface area contributed by atoms with Gasteiger partial charge in [0.2, 0.25) is 5.91 Å². The summed E-state index contributed by atoms with van der Waals surface area (Å²) in [6, 6.07) is 5.72. The number of ether oxygens (including phenoxy) is 1. The van der Waals surface area contributed by atoms with E-state index in [1.165, 1.54) is 0 Å². The van der Waals surface area contributed by atoms with Gasteiger partial charge in [-0.15, -0.1) is 0 Å². The van der Waals surface area contributed by atoms with Crippen molar-refractivity contribution < 1.29 is 13.9 Å². The lowest BCUT2D eigenvalue weighted by atomic mass is 10.0. The average Bonchev–Trinajstić information content (AvgIpc) is 3.13. The number of furan rings is 1. The number of nitrogens with zero attached hydrogens (tertiary/aromatic N) is 2. The van der Waals surface area contributed by atoms with Gasteiger partial charge in [0.1, 0.15) is 5.76 Å². The van der Waals surface area contributed by atoms with Crippen molar-refractivity contribution in [3.05, 3.63) is 24.2 Å². The zero-order valence-corrected chi connectivity index (χ0v) is 11.5. The number of likely N-dealkylation sites (N-methyl/N-ethyl adjacent to an activating group) is 1. The summed E-state index contributed by atoms with van der Waals surface area (Å²) in [6.07, 6.45) is 1.89. The van der Waals surface area contributed by atoms with Crippen LogP contribution < -0.4 is 5.32 Å². The van der Waals surface area contributed by atoms with Gasteiger partial charge in [0.05, 0.1) is 44.4 Å². The van der Waals surface area contributed by atoms with Gasteiger partial charge in [-0.05, 0) is 19.2 Å². The second kappa shape index (κ2) is 7.08. The number of nitrogens with one attached hydrogen (secondary N) is 1. The van der Waals surface area contributed by atoms with Gasteiger partial charge >= 0.3 is 0 Å². The highest BCUT2D eigenvalue weighted by molar-refractivity contribution is 5.80. The zero-order chi connectivity index (χ0) is 14.4. The van der Waals surface area contributed by atoms with Crippen LogP contribution in [-0.2, 0) is 16.1 Å². The highest BCUT2D eigenvalue weighted by Gasteiger charge is 2.35. The predicted molar refractivity (Wildman–Crippen MR) is 71.5 cm³/mol. The lowest BCUT2D eigenvalue weighted by Gasteiger charge is -2.26. The van der Waals surface area contributed by atoms with Crippen LogP contribution in [0.3, 0.4) is 0 Å². The van der Waals surface area contributed by atoms with E-state index in [1.807, 2.05) is 13.1 Å². The monoisotopic (exact) mass is 277 g/mol. The molecule has 1 aromatic heterocycles. The van der Waals surface area contributed by atoms with Gasteiger partial charge in [0, 0.05) is 12.6 Å². The van der Waals surface area contributed by atoms with E-state index in [0.717, 1.165) is 5.76 Å². The number of amides is 1. The summed E-state index contributed by atoms with van der Waals surface area (Å²) in [7, 11) is 1.83. The fourth-order valence-corrected chi connectivity index (χ4v) is 2.36. The second-order valence-electron chi connectivity index (χ2n) is 4.79. The molecule has 1 N–H and O–H groups in total. The molecular weight excluding hydrogens is 258 g/mol. The summed E-state index contributed by atoms with van der Waals surface area (Å²) >= 11 is 0. The van der Waals surface area contributed by atoms with Gasteiger partial charge in [-0.3, -0.25) is 4.79 Å². The molecule has 1 fully saturated rings. The fourth-order valence-electron chi connectivity index (χ4n) is 2.36. The minimum Gasteiger partial charge on any atom is -0.467 e. The van der Waals surface area contributed by atoms with Crippen molar-refractivity contribution >= 4 is 5.91 Å². The molecule has 6 heteroatoms. The summed E-state index contributed by atoms with van der Waals surface area (Å²) < 4.78 is 10.7. The van der Waals surface area contributed by atoms with Crippen LogP contribution in [0.2, 0.25) is 0 Å². The Balaban J connectivity index is 2.05. The predicted octanol–water partition coefficient (Wildman–Crippen LogP) is 0.756. The first kappa shape index (κ1) is 14.6. The highest BCUT2D eigenvalue weighted by Crippen LogP contribution is 2.18. The second-order valence-corrected chi connectivity index (χ2v) is 4.79. The average molecular weight is 277 g/mol. The van der Waals surface area contributed by atoms with E-state index < -0.39 is 0 Å². The topological polar surface area (TPSA) is 78.5 Å². The summed E-state index contributed by atoms with van der Waals surface area (Å²) in [5.41, 5.74) is 0. The third-order valence-corrected chi connectivity index (χ3v) is 3.50. The number of carbonyl (C=O) groups is 1. The molecule has 0 saturated carbocycles. The fraction of sp³-hybridized carbons (Fsp3) is 0.571. The largest absolute Gasteiger partial charge is 0.467 e. The van der Waals surface area contributed by atoms with Crippen LogP contribution in [0, 0.1) is 17.2 Å². The lowest BCUT2D eigenvalue weighted by Crippen LogP contribution is -2.44. The quantitative estimate of drug-likeness (QED) is 0.830. The Kier molecular flexibility index (Phi) is 5.16. The Morgan fingerprint density at radius 3 is 3.10 bits per heavy atom. The molecule has 1 amide bonds. The van der Waals surface area contributed by atoms with Crippen molar-refractivity contribution in [1.29, 1.82) is 5.26 Å². The third kappa shape index (κ3) is 3.38. The van der Waals surface area contributed by atoms with E-state index in [2.05, 4.69) is 11.4 Å². The van der Waals surface area contributed by atoms with E-state index in [1.54, 1.807) is 17.2 Å². The molecule has 0 radical (unpaired) electrons. The molecule has 1 saturated heterocycles. The molecule has 1 aromatic rings. The number of hydrogen-bond donors (Lipinski definition) is 1. The van der Waals surface area contributed by atoms with Crippen LogP contribution in [0.15, 0.2) is 22.8 Å². The molecule has 0 aromatic carbocycles. The van der Waals surface area contributed by atoms with Gasteiger partial charge < -0.3 is 19.4 Å². The molecular formula is C14H19N3O3. The molecule has 2 heterocycles. The van der Waals surface area contributed by atoms with E-state index in [0.29, 0.717) is 32.7 Å². The van der Waals surface area contributed by atoms with Crippen molar-refractivity contribution in [1.82, 2.24) is 10.2 Å². The first-order valence-electron chi connectivity index (χ1n) is 6.69. The molecule has 1 aliphatic rings. The molecule has 6 nitrogen and oxygen atoms in total. The van der Waals surface area contributed by atoms with Crippen molar-refractivity contribution in [2.45, 2.75) is 19.0 Å². The van der Waals surface area contributed by atoms with Gasteiger partial charge in [0.15, 0.2) is 0 Å². The standard InChI is InChI=1S/C14H19N3O3/c1-16-13-10-19-9-12(13)14(18)17(6-3-5-15)8-11-4-2-7-20-11/h2,4,7,12-13,16H,3,6,8-10H2,1H3. The Morgan fingerprint density at radius 2 is 2.45 bits per heavy atom. The van der Waals surface area contributed by atoms with Crippen LogP contribution in [0.4, 0.5) is 0 Å². The summed E-state index contributed by atoms with van der Waals surface area (Å²) in [5, 5.41) is 11.8. The Hall–Kier alpha value is -1.84. The number of nitriles is 1. The third-order valence-electron chi connectivity index (χ3n) is 3.50. The smallest absolute Gasteiger partial charge is 0.230 e. The summed E-state index contributed by atoms with van der Waals surface area (Å²) in [4.78, 5) is 14.3.